The van der Waals surface area contributed by atoms with Gasteiger partial charge < -0.3 is 4.98 Å². The number of hydrogen-bond acceptors (Lipinski definition) is 1. The molecule has 0 saturated carbocycles. The van der Waals surface area contributed by atoms with Gasteiger partial charge in [-0.25, -0.2) is 6.07 Å². The molecule has 0 amide bonds. The van der Waals surface area contributed by atoms with Crippen molar-refractivity contribution >= 4 is 25.6 Å². The first kappa shape index (κ1) is 9.54. The summed E-state index contributed by atoms with van der Waals surface area (Å²) in [5.74, 6) is 0. The van der Waals surface area contributed by atoms with Crippen LogP contribution in [0.4, 0.5) is 0 Å². The van der Waals surface area contributed by atoms with Crippen LogP contribution >= 0.6 is 25.6 Å². The predicted octanol–water partition coefficient (Wildman–Crippen LogP) is 2.33. The molecule has 0 spiro atoms. The van der Waals surface area contributed by atoms with Crippen LogP contribution in [0.2, 0.25) is 0 Å². The van der Waals surface area contributed by atoms with Crippen LogP contribution < -0.4 is 0 Å². The van der Waals surface area contributed by atoms with Crippen molar-refractivity contribution in [3.63, 3.8) is 0 Å². The number of nitrogens with zero attached hydrogens (tertiary/aromatic N) is 1. The standard InChI is InChI=1S/C5H3BrN.ClH.Zn/c6-5-1-3-7-4-2-5;;/h1,3-4H;1H;/q-1;;+2/p-1. The molecule has 0 N–H and O–H groups in total. The van der Waals surface area contributed by atoms with Crippen LogP contribution in [-0.4, -0.2) is 4.98 Å². The molecule has 0 atom stereocenters. The van der Waals surface area contributed by atoms with Gasteiger partial charge in [0.15, 0.2) is 0 Å². The zero-order chi connectivity index (χ0) is 7.11. The van der Waals surface area contributed by atoms with Crippen molar-refractivity contribution in [2.75, 3.05) is 0 Å². The van der Waals surface area contributed by atoms with E-state index in [0.29, 0.717) is 0 Å². The van der Waals surface area contributed by atoms with Gasteiger partial charge in [0.25, 0.3) is 0 Å². The second kappa shape index (κ2) is 6.66. The molecule has 1 nitrogen and oxygen atoms in total. The second-order valence-electron chi connectivity index (χ2n) is 1.09. The molecule has 0 aliphatic rings. The average Bonchev–Trinajstić information content (AvgIpc) is 1.94. The van der Waals surface area contributed by atoms with Gasteiger partial charge in [-0.2, -0.15) is 6.07 Å². The zero-order valence-electron chi connectivity index (χ0n) is 4.64. The van der Waals surface area contributed by atoms with Gasteiger partial charge in [-0.3, -0.25) is 0 Å². The Morgan fingerprint density at radius 1 is 1.67 bits per heavy atom. The maximum absolute atomic E-state index is 4.76. The predicted molar refractivity (Wildman–Crippen MR) is 36.6 cm³/mol. The molecule has 0 aliphatic carbocycles. The van der Waals surface area contributed by atoms with Gasteiger partial charge >= 0.3 is 27.0 Å². The molecule has 9 heavy (non-hydrogen) atoms. The van der Waals surface area contributed by atoms with Gasteiger partial charge in [0, 0.05) is 0 Å². The van der Waals surface area contributed by atoms with Crippen LogP contribution in [-0.2, 0) is 17.3 Å². The fraction of sp³-hybridized carbons (Fsp3) is 0. The Balaban J connectivity index is 0.000000291. The first-order chi connectivity index (χ1) is 4.39. The Hall–Kier alpha value is 0.543. The molecule has 1 rings (SSSR count). The van der Waals surface area contributed by atoms with E-state index in [1.54, 1.807) is 12.4 Å². The van der Waals surface area contributed by atoms with Crippen molar-refractivity contribution in [2.24, 2.45) is 0 Å². The normalized spacial score (nSPS) is 7.56. The molecule has 1 heterocycles. The summed E-state index contributed by atoms with van der Waals surface area (Å²) in [6.07, 6.45) is 3.32. The molecule has 44 valence electrons. The Morgan fingerprint density at radius 3 is 2.56 bits per heavy atom. The molecule has 0 unspecified atom stereocenters. The molecule has 1 aromatic heterocycles. The van der Waals surface area contributed by atoms with E-state index in [-0.39, 0.29) is 0 Å². The molecule has 0 aromatic carbocycles. The number of pyridine rings is 1. The van der Waals surface area contributed by atoms with Crippen LogP contribution in [0.15, 0.2) is 22.9 Å². The van der Waals surface area contributed by atoms with E-state index in [1.165, 1.54) is 0 Å². The third kappa shape index (κ3) is 5.01. The molecule has 0 radical (unpaired) electrons. The fourth-order valence-corrected chi connectivity index (χ4v) is 0.519. The fourth-order valence-electron chi connectivity index (χ4n) is 0.299. The summed E-state index contributed by atoms with van der Waals surface area (Å²) < 4.78 is 0.947. The Labute approximate surface area is 76.7 Å². The number of halogens is 2. The molecular weight excluding hydrogens is 255 g/mol. The molecular formula is C5H3BrClNZn. The summed E-state index contributed by atoms with van der Waals surface area (Å²) in [6, 6.07) is 4.67. The molecule has 1 aromatic rings. The molecule has 4 heteroatoms. The van der Waals surface area contributed by atoms with Crippen LogP contribution in [0.25, 0.3) is 0 Å². The number of aromatic nitrogens is 1. The molecule has 0 fully saturated rings. The minimum atomic E-state index is 0.847. The van der Waals surface area contributed by atoms with Crippen molar-refractivity contribution in [3.8, 4) is 0 Å². The number of rotatable bonds is 0. The van der Waals surface area contributed by atoms with Gasteiger partial charge in [0.1, 0.15) is 0 Å². The van der Waals surface area contributed by atoms with Gasteiger partial charge in [-0.15, -0.1) is 4.47 Å². The van der Waals surface area contributed by atoms with E-state index in [4.69, 9.17) is 9.69 Å². The summed E-state index contributed by atoms with van der Waals surface area (Å²) in [6.45, 7) is 0. The Morgan fingerprint density at radius 2 is 2.33 bits per heavy atom. The van der Waals surface area contributed by atoms with Crippen molar-refractivity contribution in [2.45, 2.75) is 0 Å². The van der Waals surface area contributed by atoms with Gasteiger partial charge in [0.2, 0.25) is 0 Å². The van der Waals surface area contributed by atoms with Gasteiger partial charge in [-0.05, 0) is 0 Å². The first-order valence-corrected chi connectivity index (χ1v) is 6.83. The number of hydrogen-bond donors (Lipinski definition) is 0. The molecule has 0 aliphatic heterocycles. The molecule has 0 bridgehead atoms. The summed E-state index contributed by atoms with van der Waals surface area (Å²) in [7, 11) is 4.76. The SMILES string of the molecule is Brc1[c-]cncc1.[Cl][Zn+]. The Kier molecular flexibility index (Phi) is 7.06. The van der Waals surface area contributed by atoms with E-state index in [1.807, 2.05) is 6.07 Å². The Bertz CT molecular complexity index is 147. The minimum absolute atomic E-state index is 0.847. The maximum atomic E-state index is 4.76. The van der Waals surface area contributed by atoms with E-state index >= 15 is 0 Å². The molecule has 0 saturated heterocycles. The van der Waals surface area contributed by atoms with E-state index < -0.39 is 0 Å². The van der Waals surface area contributed by atoms with Crippen LogP contribution in [0, 0.1) is 6.07 Å². The summed E-state index contributed by atoms with van der Waals surface area (Å²) in [4.78, 5) is 3.76. The third-order valence-electron chi connectivity index (χ3n) is 0.584. The van der Waals surface area contributed by atoms with Crippen LogP contribution in [0.5, 0.6) is 0 Å². The average molecular weight is 258 g/mol. The second-order valence-corrected chi connectivity index (χ2v) is 1.94. The third-order valence-corrected chi connectivity index (χ3v) is 1.08. The summed E-state index contributed by atoms with van der Waals surface area (Å²) >= 11 is 4.06. The van der Waals surface area contributed by atoms with Crippen molar-refractivity contribution in [1.82, 2.24) is 4.98 Å². The topological polar surface area (TPSA) is 12.9 Å². The summed E-state index contributed by atoms with van der Waals surface area (Å²) in [5.41, 5.74) is 0. The van der Waals surface area contributed by atoms with Crippen LogP contribution in [0.1, 0.15) is 0 Å². The zero-order valence-corrected chi connectivity index (χ0v) is 9.95. The van der Waals surface area contributed by atoms with E-state index in [0.717, 1.165) is 21.8 Å². The monoisotopic (exact) mass is 255 g/mol. The quantitative estimate of drug-likeness (QED) is 0.514. The van der Waals surface area contributed by atoms with E-state index in [9.17, 15) is 0 Å². The van der Waals surface area contributed by atoms with Gasteiger partial charge in [-0.1, -0.05) is 28.3 Å². The van der Waals surface area contributed by atoms with Crippen molar-refractivity contribution in [3.05, 3.63) is 29.0 Å². The first-order valence-electron chi connectivity index (χ1n) is 2.13. The van der Waals surface area contributed by atoms with Gasteiger partial charge in [0.05, 0.1) is 0 Å². The van der Waals surface area contributed by atoms with E-state index in [2.05, 4.69) is 27.0 Å². The summed E-state index contributed by atoms with van der Waals surface area (Å²) in [5, 5.41) is 0. The van der Waals surface area contributed by atoms with Crippen molar-refractivity contribution < 1.29 is 17.3 Å². The van der Waals surface area contributed by atoms with Crippen molar-refractivity contribution in [1.29, 1.82) is 0 Å². The van der Waals surface area contributed by atoms with Crippen LogP contribution in [0.3, 0.4) is 0 Å².